The minimum Gasteiger partial charge on any atom is -0.349 e. The van der Waals surface area contributed by atoms with E-state index in [-0.39, 0.29) is 11.8 Å². The molecule has 156 valence electrons. The van der Waals surface area contributed by atoms with Gasteiger partial charge in [0, 0.05) is 24.4 Å². The maximum atomic E-state index is 12.6. The Kier molecular flexibility index (Phi) is 5.96. The standard InChI is InChI=1S/C22H24N4O3S/c27-22(23-16-21-24-19-8-4-5-9-20(19)25-21)18-10-13-26(14-11-18)30(28,29)15-12-17-6-2-1-3-7-17/h1-9,12,15,18H,10-11,13-14,16H2,(H,23,27)(H,24,25)/b15-12+. The number of carbonyl (C=O) groups excluding carboxylic acids is 1. The molecule has 3 aromatic rings. The zero-order chi connectivity index (χ0) is 21.0. The van der Waals surface area contributed by atoms with Gasteiger partial charge in [-0.1, -0.05) is 42.5 Å². The third-order valence-corrected chi connectivity index (χ3v) is 6.85. The number of para-hydroxylation sites is 2. The Morgan fingerprint density at radius 3 is 2.53 bits per heavy atom. The van der Waals surface area contributed by atoms with E-state index in [1.165, 1.54) is 9.71 Å². The number of nitrogens with one attached hydrogen (secondary N) is 2. The van der Waals surface area contributed by atoms with Crippen molar-refractivity contribution in [1.82, 2.24) is 19.6 Å². The molecule has 0 bridgehead atoms. The number of fused-ring (bicyclic) bond motifs is 1. The first-order chi connectivity index (χ1) is 14.5. The normalized spacial score (nSPS) is 16.3. The van der Waals surface area contributed by atoms with Crippen molar-refractivity contribution in [3.8, 4) is 0 Å². The van der Waals surface area contributed by atoms with E-state index in [2.05, 4.69) is 15.3 Å². The molecule has 30 heavy (non-hydrogen) atoms. The van der Waals surface area contributed by atoms with Gasteiger partial charge in [0.25, 0.3) is 0 Å². The lowest BCUT2D eigenvalue weighted by molar-refractivity contribution is -0.126. The molecule has 1 aliphatic heterocycles. The van der Waals surface area contributed by atoms with E-state index in [9.17, 15) is 13.2 Å². The van der Waals surface area contributed by atoms with Crippen LogP contribution >= 0.6 is 0 Å². The first-order valence-electron chi connectivity index (χ1n) is 9.96. The van der Waals surface area contributed by atoms with Crippen LogP contribution in [-0.4, -0.2) is 41.7 Å². The maximum Gasteiger partial charge on any atom is 0.236 e. The van der Waals surface area contributed by atoms with Crippen LogP contribution in [0.1, 0.15) is 24.2 Å². The second-order valence-corrected chi connectivity index (χ2v) is 9.17. The van der Waals surface area contributed by atoms with Crippen molar-refractivity contribution in [2.45, 2.75) is 19.4 Å². The van der Waals surface area contributed by atoms with Gasteiger partial charge in [-0.05, 0) is 36.6 Å². The first-order valence-corrected chi connectivity index (χ1v) is 11.5. The van der Waals surface area contributed by atoms with Crippen molar-refractivity contribution < 1.29 is 13.2 Å². The Balaban J connectivity index is 1.29. The van der Waals surface area contributed by atoms with Gasteiger partial charge in [0.2, 0.25) is 15.9 Å². The average Bonchev–Trinajstić information content (AvgIpc) is 3.20. The maximum absolute atomic E-state index is 12.6. The Morgan fingerprint density at radius 2 is 1.80 bits per heavy atom. The molecule has 1 saturated heterocycles. The lowest BCUT2D eigenvalue weighted by Gasteiger charge is -2.29. The fourth-order valence-electron chi connectivity index (χ4n) is 3.59. The molecule has 4 rings (SSSR count). The number of sulfonamides is 1. The highest BCUT2D eigenvalue weighted by Gasteiger charge is 2.29. The molecule has 0 radical (unpaired) electrons. The van der Waals surface area contributed by atoms with Gasteiger partial charge in [0.15, 0.2) is 0 Å². The first kappa shape index (κ1) is 20.3. The average molecular weight is 425 g/mol. The topological polar surface area (TPSA) is 95.2 Å². The number of carbonyl (C=O) groups is 1. The summed E-state index contributed by atoms with van der Waals surface area (Å²) in [6.07, 6.45) is 2.61. The summed E-state index contributed by atoms with van der Waals surface area (Å²) in [7, 11) is -3.49. The Morgan fingerprint density at radius 1 is 1.10 bits per heavy atom. The smallest absolute Gasteiger partial charge is 0.236 e. The third-order valence-electron chi connectivity index (χ3n) is 5.29. The van der Waals surface area contributed by atoms with Crippen LogP contribution in [0.3, 0.4) is 0 Å². The summed E-state index contributed by atoms with van der Waals surface area (Å²) < 4.78 is 26.6. The molecule has 2 aromatic carbocycles. The predicted molar refractivity (Wildman–Crippen MR) is 117 cm³/mol. The summed E-state index contributed by atoms with van der Waals surface area (Å²) >= 11 is 0. The van der Waals surface area contributed by atoms with E-state index >= 15 is 0 Å². The van der Waals surface area contributed by atoms with Crippen molar-refractivity contribution in [3.63, 3.8) is 0 Å². The van der Waals surface area contributed by atoms with Gasteiger partial charge in [-0.25, -0.2) is 13.4 Å². The molecule has 2 N–H and O–H groups in total. The van der Waals surface area contributed by atoms with Gasteiger partial charge in [0.1, 0.15) is 5.82 Å². The van der Waals surface area contributed by atoms with Crippen LogP contribution in [0.5, 0.6) is 0 Å². The van der Waals surface area contributed by atoms with Gasteiger partial charge in [-0.2, -0.15) is 4.31 Å². The predicted octanol–water partition coefficient (Wildman–Crippen LogP) is 2.89. The van der Waals surface area contributed by atoms with E-state index < -0.39 is 10.0 Å². The van der Waals surface area contributed by atoms with E-state index in [0.717, 1.165) is 16.6 Å². The quantitative estimate of drug-likeness (QED) is 0.636. The van der Waals surface area contributed by atoms with Crippen LogP contribution in [0, 0.1) is 5.92 Å². The summed E-state index contributed by atoms with van der Waals surface area (Å²) in [6.45, 7) is 1.00. The number of nitrogens with zero attached hydrogens (tertiary/aromatic N) is 2. The van der Waals surface area contributed by atoms with Crippen LogP contribution in [0.25, 0.3) is 17.1 Å². The van der Waals surface area contributed by atoms with Crippen LogP contribution in [0.15, 0.2) is 60.0 Å². The highest BCUT2D eigenvalue weighted by molar-refractivity contribution is 7.92. The molecule has 0 saturated carbocycles. The largest absolute Gasteiger partial charge is 0.349 e. The van der Waals surface area contributed by atoms with Gasteiger partial charge >= 0.3 is 0 Å². The van der Waals surface area contributed by atoms with Crippen LogP contribution in [-0.2, 0) is 21.4 Å². The number of piperidine rings is 1. The van der Waals surface area contributed by atoms with Crippen molar-refractivity contribution in [2.75, 3.05) is 13.1 Å². The lowest BCUT2D eigenvalue weighted by Crippen LogP contribution is -2.42. The number of aromatic amines is 1. The number of amides is 1. The monoisotopic (exact) mass is 424 g/mol. The number of benzene rings is 2. The molecule has 0 spiro atoms. The molecule has 8 heteroatoms. The van der Waals surface area contributed by atoms with E-state index in [0.29, 0.717) is 38.3 Å². The fourth-order valence-corrected chi connectivity index (χ4v) is 4.81. The molecule has 2 heterocycles. The van der Waals surface area contributed by atoms with Gasteiger partial charge in [-0.3, -0.25) is 4.79 Å². The SMILES string of the molecule is O=C(NCc1nc2ccccc2[nH]1)C1CCN(S(=O)(=O)/C=C/c2ccccc2)CC1. The van der Waals surface area contributed by atoms with Gasteiger partial charge in [0.05, 0.1) is 17.6 Å². The zero-order valence-corrected chi connectivity index (χ0v) is 17.3. The van der Waals surface area contributed by atoms with Crippen molar-refractivity contribution in [1.29, 1.82) is 0 Å². The summed E-state index contributed by atoms with van der Waals surface area (Å²) in [4.78, 5) is 20.2. The summed E-state index contributed by atoms with van der Waals surface area (Å²) in [5.74, 6) is 0.446. The number of aromatic nitrogens is 2. The van der Waals surface area contributed by atoms with Crippen molar-refractivity contribution >= 4 is 33.0 Å². The molecule has 1 aromatic heterocycles. The molecule has 1 fully saturated rings. The minimum absolute atomic E-state index is 0.0627. The number of rotatable bonds is 6. The third kappa shape index (κ3) is 4.77. The second kappa shape index (κ2) is 8.81. The lowest BCUT2D eigenvalue weighted by atomic mass is 9.97. The van der Waals surface area contributed by atoms with Gasteiger partial charge < -0.3 is 10.3 Å². The molecular weight excluding hydrogens is 400 g/mol. The molecule has 1 aliphatic rings. The Labute approximate surface area is 175 Å². The van der Waals surface area contributed by atoms with Crippen LogP contribution in [0.4, 0.5) is 0 Å². The van der Waals surface area contributed by atoms with Crippen LogP contribution < -0.4 is 5.32 Å². The summed E-state index contributed by atoms with van der Waals surface area (Å²) in [5.41, 5.74) is 2.63. The van der Waals surface area contributed by atoms with Crippen molar-refractivity contribution in [2.24, 2.45) is 5.92 Å². The fraction of sp³-hybridized carbons (Fsp3) is 0.273. The molecule has 0 unspecified atom stereocenters. The number of H-pyrrole nitrogens is 1. The van der Waals surface area contributed by atoms with Crippen LogP contribution in [0.2, 0.25) is 0 Å². The molecular formula is C22H24N4O3S. The van der Waals surface area contributed by atoms with E-state index in [4.69, 9.17) is 0 Å². The molecule has 0 atom stereocenters. The highest BCUT2D eigenvalue weighted by atomic mass is 32.2. The van der Waals surface area contributed by atoms with Crippen molar-refractivity contribution in [3.05, 3.63) is 71.4 Å². The molecule has 1 amide bonds. The number of hydrogen-bond donors (Lipinski definition) is 2. The van der Waals surface area contributed by atoms with E-state index in [1.54, 1.807) is 6.08 Å². The highest BCUT2D eigenvalue weighted by Crippen LogP contribution is 2.21. The minimum atomic E-state index is -3.49. The second-order valence-electron chi connectivity index (χ2n) is 7.35. The molecule has 7 nitrogen and oxygen atoms in total. The Bertz CT molecular complexity index is 1110. The van der Waals surface area contributed by atoms with Gasteiger partial charge in [-0.15, -0.1) is 0 Å². The zero-order valence-electron chi connectivity index (χ0n) is 16.5. The number of hydrogen-bond acceptors (Lipinski definition) is 4. The van der Waals surface area contributed by atoms with E-state index in [1.807, 2.05) is 54.6 Å². The Hall–Kier alpha value is -2.97. The number of imidazole rings is 1. The molecule has 0 aliphatic carbocycles. The summed E-state index contributed by atoms with van der Waals surface area (Å²) in [6, 6.07) is 17.0. The summed E-state index contributed by atoms with van der Waals surface area (Å²) in [5, 5.41) is 4.16.